The highest BCUT2D eigenvalue weighted by atomic mass is 28.4. The van der Waals surface area contributed by atoms with E-state index in [0.717, 1.165) is 4.57 Å². The highest BCUT2D eigenvalue weighted by Crippen LogP contribution is 2.14. The van der Waals surface area contributed by atoms with Gasteiger partial charge in [-0.3, -0.25) is 5.41 Å². The molecule has 1 aromatic heterocycles. The second-order valence-corrected chi connectivity index (χ2v) is 6.77. The van der Waals surface area contributed by atoms with Crippen molar-refractivity contribution in [1.29, 1.82) is 5.41 Å². The lowest BCUT2D eigenvalue weighted by molar-refractivity contribution is 0.122. The number of hydrogen-bond donors (Lipinski definition) is 2. The highest BCUT2D eigenvalue weighted by Gasteiger charge is 2.36. The van der Waals surface area contributed by atoms with Crippen molar-refractivity contribution in [1.82, 2.24) is 9.55 Å². The van der Waals surface area contributed by atoms with Crippen LogP contribution in [0.5, 0.6) is 0 Å². The Bertz CT molecular complexity index is 530. The van der Waals surface area contributed by atoms with Crippen LogP contribution in [0.15, 0.2) is 14.0 Å². The zero-order valence-corrected chi connectivity index (χ0v) is 12.0. The van der Waals surface area contributed by atoms with Crippen LogP contribution in [-0.4, -0.2) is 39.7 Å². The first-order valence-electron chi connectivity index (χ1n) is 5.52. The van der Waals surface area contributed by atoms with Crippen molar-refractivity contribution in [3.63, 3.8) is 0 Å². The lowest BCUT2D eigenvalue weighted by Crippen LogP contribution is -2.44. The average molecular weight is 291 g/mol. The van der Waals surface area contributed by atoms with Gasteiger partial charge in [-0.15, -0.1) is 0 Å². The van der Waals surface area contributed by atoms with Crippen LogP contribution in [0.2, 0.25) is 6.04 Å². The molecule has 10 heteroatoms. The fourth-order valence-corrected chi connectivity index (χ4v) is 3.33. The molecular formula is C9H17N3O6Si. The van der Waals surface area contributed by atoms with Gasteiger partial charge in [0.05, 0.1) is 0 Å². The van der Waals surface area contributed by atoms with Crippen LogP contribution in [-0.2, 0) is 19.8 Å². The molecular weight excluding hydrogens is 274 g/mol. The molecule has 0 atom stereocenters. The van der Waals surface area contributed by atoms with E-state index in [-0.39, 0.29) is 6.54 Å². The van der Waals surface area contributed by atoms with Gasteiger partial charge >= 0.3 is 25.9 Å². The van der Waals surface area contributed by atoms with E-state index in [0.29, 0.717) is 12.5 Å². The molecule has 2 N–H and O–H groups in total. The molecule has 108 valence electrons. The van der Waals surface area contributed by atoms with Crippen molar-refractivity contribution in [3.8, 4) is 0 Å². The Morgan fingerprint density at radius 3 is 2.32 bits per heavy atom. The molecule has 0 amide bonds. The molecule has 1 aromatic rings. The van der Waals surface area contributed by atoms with Crippen molar-refractivity contribution in [2.24, 2.45) is 0 Å². The van der Waals surface area contributed by atoms with Crippen LogP contribution in [0.4, 0.5) is 0 Å². The van der Waals surface area contributed by atoms with E-state index in [1.165, 1.54) is 21.3 Å². The summed E-state index contributed by atoms with van der Waals surface area (Å²) in [6, 6.07) is 0.474. The second-order valence-electron chi connectivity index (χ2n) is 3.68. The lowest BCUT2D eigenvalue weighted by atomic mass is 10.5. The van der Waals surface area contributed by atoms with E-state index in [1.54, 1.807) is 0 Å². The minimum atomic E-state index is -2.70. The maximum Gasteiger partial charge on any atom is 0.500 e. The lowest BCUT2D eigenvalue weighted by Gasteiger charge is -2.24. The van der Waals surface area contributed by atoms with Gasteiger partial charge in [0.1, 0.15) is 0 Å². The standard InChI is InChI=1S/C9H17N3O6Si/c1-15-19(16-2,17-3)6-4-5-12-7(10)18-9(14)11-8(12)13/h10H,4-6H2,1-3H3,(H,11,13,14). The van der Waals surface area contributed by atoms with Gasteiger partial charge in [0, 0.05) is 33.9 Å². The fraction of sp³-hybridized carbons (Fsp3) is 0.667. The maximum absolute atomic E-state index is 11.5. The van der Waals surface area contributed by atoms with Gasteiger partial charge in [-0.25, -0.2) is 19.1 Å². The van der Waals surface area contributed by atoms with Crippen molar-refractivity contribution >= 4 is 8.80 Å². The zero-order chi connectivity index (χ0) is 14.5. The van der Waals surface area contributed by atoms with Crippen LogP contribution in [0.25, 0.3) is 0 Å². The van der Waals surface area contributed by atoms with Gasteiger partial charge in [-0.2, -0.15) is 0 Å². The summed E-state index contributed by atoms with van der Waals surface area (Å²) in [6.45, 7) is 0.197. The number of aromatic amines is 1. The second kappa shape index (κ2) is 6.61. The molecule has 0 aliphatic heterocycles. The van der Waals surface area contributed by atoms with E-state index < -0.39 is 25.9 Å². The quantitative estimate of drug-likeness (QED) is 0.614. The first-order valence-corrected chi connectivity index (χ1v) is 7.45. The molecule has 0 radical (unpaired) electrons. The number of rotatable bonds is 7. The normalized spacial score (nSPS) is 11.7. The molecule has 1 heterocycles. The fourth-order valence-electron chi connectivity index (χ4n) is 1.63. The van der Waals surface area contributed by atoms with Crippen LogP contribution >= 0.6 is 0 Å². The monoisotopic (exact) mass is 291 g/mol. The van der Waals surface area contributed by atoms with Gasteiger partial charge in [-0.05, 0) is 6.42 Å². The minimum absolute atomic E-state index is 0.197. The largest absolute Gasteiger partial charge is 0.500 e. The molecule has 19 heavy (non-hydrogen) atoms. The average Bonchev–Trinajstić information content (AvgIpc) is 2.38. The summed E-state index contributed by atoms with van der Waals surface area (Å²) in [4.78, 5) is 24.2. The van der Waals surface area contributed by atoms with Gasteiger partial charge in [0.2, 0.25) is 0 Å². The Balaban J connectivity index is 2.76. The minimum Gasteiger partial charge on any atom is -0.377 e. The van der Waals surface area contributed by atoms with Crippen LogP contribution < -0.4 is 17.1 Å². The van der Waals surface area contributed by atoms with Crippen LogP contribution in [0.1, 0.15) is 6.42 Å². The molecule has 0 aliphatic carbocycles. The Morgan fingerprint density at radius 1 is 1.26 bits per heavy atom. The number of aromatic nitrogens is 2. The molecule has 1 rings (SSSR count). The number of hydrogen-bond acceptors (Lipinski definition) is 7. The van der Waals surface area contributed by atoms with E-state index in [4.69, 9.17) is 18.7 Å². The topological polar surface area (TPSA) is 120 Å². The summed E-state index contributed by atoms with van der Waals surface area (Å²) < 4.78 is 21.2. The molecule has 0 bridgehead atoms. The maximum atomic E-state index is 11.5. The molecule has 0 unspecified atom stereocenters. The van der Waals surface area contributed by atoms with Crippen molar-refractivity contribution in [2.75, 3.05) is 21.3 Å². The van der Waals surface area contributed by atoms with Gasteiger partial charge in [0.25, 0.3) is 0 Å². The van der Waals surface area contributed by atoms with E-state index in [1.807, 2.05) is 4.98 Å². The van der Waals surface area contributed by atoms with Crippen molar-refractivity contribution in [3.05, 3.63) is 26.7 Å². The van der Waals surface area contributed by atoms with Crippen molar-refractivity contribution in [2.45, 2.75) is 19.0 Å². The summed E-state index contributed by atoms with van der Waals surface area (Å²) in [5.41, 5.74) is -1.17. The first kappa shape index (κ1) is 15.6. The third-order valence-corrected chi connectivity index (χ3v) is 5.52. The van der Waals surface area contributed by atoms with E-state index in [9.17, 15) is 9.59 Å². The number of nitrogens with zero attached hydrogens (tertiary/aromatic N) is 1. The molecule has 0 aliphatic rings. The smallest absolute Gasteiger partial charge is 0.377 e. The van der Waals surface area contributed by atoms with E-state index in [2.05, 4.69) is 4.42 Å². The molecule has 9 nitrogen and oxygen atoms in total. The molecule has 0 aromatic carbocycles. The summed E-state index contributed by atoms with van der Waals surface area (Å²) in [7, 11) is 1.79. The summed E-state index contributed by atoms with van der Waals surface area (Å²) in [5.74, 6) is -0.944. The zero-order valence-electron chi connectivity index (χ0n) is 11.0. The van der Waals surface area contributed by atoms with Crippen LogP contribution in [0, 0.1) is 5.41 Å². The molecule has 0 fully saturated rings. The number of H-pyrrole nitrogens is 1. The Morgan fingerprint density at radius 2 is 1.84 bits per heavy atom. The first-order chi connectivity index (χ1) is 8.98. The predicted molar refractivity (Wildman–Crippen MR) is 65.6 cm³/mol. The molecule has 0 saturated carbocycles. The van der Waals surface area contributed by atoms with E-state index >= 15 is 0 Å². The van der Waals surface area contributed by atoms with Crippen LogP contribution in [0.3, 0.4) is 0 Å². The van der Waals surface area contributed by atoms with Crippen molar-refractivity contribution < 1.29 is 17.7 Å². The van der Waals surface area contributed by atoms with Gasteiger partial charge < -0.3 is 17.7 Å². The summed E-state index contributed by atoms with van der Waals surface area (Å²) in [5, 5.41) is 7.42. The third kappa shape index (κ3) is 3.73. The molecule has 0 spiro atoms. The third-order valence-electron chi connectivity index (χ3n) is 2.69. The molecule has 0 saturated heterocycles. The van der Waals surface area contributed by atoms with Gasteiger partial charge in [-0.1, -0.05) is 0 Å². The van der Waals surface area contributed by atoms with Gasteiger partial charge in [0.15, 0.2) is 0 Å². The number of nitrogens with one attached hydrogen (secondary N) is 2. The summed E-state index contributed by atoms with van der Waals surface area (Å²) >= 11 is 0. The Labute approximate surface area is 109 Å². The Kier molecular flexibility index (Phi) is 5.41. The summed E-state index contributed by atoms with van der Waals surface area (Å²) in [6.07, 6.45) is 0.481. The Hall–Kier alpha value is -1.49. The highest BCUT2D eigenvalue weighted by molar-refractivity contribution is 6.60. The SMILES string of the molecule is CO[Si](CCCn1c(=O)[nH]c(=O)oc1=N)(OC)OC. The predicted octanol–water partition coefficient (Wildman–Crippen LogP) is -1.12.